The molecule has 2 fully saturated rings. The van der Waals surface area contributed by atoms with Crippen molar-refractivity contribution >= 4 is 0 Å². The quantitative estimate of drug-likeness (QED) is 0.392. The zero-order chi connectivity index (χ0) is 21.0. The van der Waals surface area contributed by atoms with Crippen LogP contribution in [0.3, 0.4) is 0 Å². The van der Waals surface area contributed by atoms with Crippen molar-refractivity contribution in [2.45, 2.75) is 75.4 Å². The van der Waals surface area contributed by atoms with Gasteiger partial charge in [-0.3, -0.25) is 0 Å². The van der Waals surface area contributed by atoms with Crippen molar-refractivity contribution in [2.24, 2.45) is 0 Å². The molecule has 2 heterocycles. The molecule has 0 aliphatic carbocycles. The van der Waals surface area contributed by atoms with Gasteiger partial charge in [0.05, 0.1) is 19.3 Å². The van der Waals surface area contributed by atoms with Crippen molar-refractivity contribution in [1.82, 2.24) is 0 Å². The first kappa shape index (κ1) is 22.4. The van der Waals surface area contributed by atoms with Gasteiger partial charge in [-0.05, 0) is 24.1 Å². The second kappa shape index (κ2) is 10.1. The molecule has 8 atom stereocenters. The summed E-state index contributed by atoms with van der Waals surface area (Å²) in [6, 6.07) is 7.34. The first-order chi connectivity index (χ1) is 13.9. The highest BCUT2D eigenvalue weighted by atomic mass is 16.7. The third kappa shape index (κ3) is 5.44. The predicted molar refractivity (Wildman–Crippen MR) is 100 cm³/mol. The lowest BCUT2D eigenvalue weighted by molar-refractivity contribution is -0.329. The third-order valence-corrected chi connectivity index (χ3v) is 5.11. The molecule has 29 heavy (non-hydrogen) atoms. The summed E-state index contributed by atoms with van der Waals surface area (Å²) in [6.45, 7) is 1.53. The Hall–Kier alpha value is -1.30. The smallest absolute Gasteiger partial charge is 0.229 e. The number of rotatable bonds is 7. The lowest BCUT2D eigenvalue weighted by Crippen LogP contribution is -2.62. The van der Waals surface area contributed by atoms with E-state index in [0.717, 1.165) is 18.4 Å². The molecule has 2 saturated heterocycles. The highest BCUT2D eigenvalue weighted by Crippen LogP contribution is 2.29. The SMILES string of the molecule is CCCc1ccc(OC2OC(CO)C(O)C(OC3OCC(O)CC3O)C2O)cc1. The summed E-state index contributed by atoms with van der Waals surface area (Å²) in [4.78, 5) is 0. The zero-order valence-corrected chi connectivity index (χ0v) is 16.3. The fourth-order valence-corrected chi connectivity index (χ4v) is 3.53. The molecule has 2 aliphatic rings. The van der Waals surface area contributed by atoms with Gasteiger partial charge in [-0.1, -0.05) is 25.5 Å². The Kier molecular flexibility index (Phi) is 7.83. The second-order valence-electron chi connectivity index (χ2n) is 7.48. The van der Waals surface area contributed by atoms with Crippen LogP contribution < -0.4 is 4.74 Å². The molecule has 3 rings (SSSR count). The van der Waals surface area contributed by atoms with Crippen molar-refractivity contribution in [2.75, 3.05) is 13.2 Å². The fraction of sp³-hybridized carbons (Fsp3) is 0.700. The van der Waals surface area contributed by atoms with E-state index < -0.39 is 55.8 Å². The van der Waals surface area contributed by atoms with E-state index in [4.69, 9.17) is 18.9 Å². The molecule has 0 spiro atoms. The predicted octanol–water partition coefficient (Wildman–Crippen LogP) is -0.690. The maximum atomic E-state index is 10.7. The Morgan fingerprint density at radius 2 is 1.76 bits per heavy atom. The molecule has 2 aliphatic heterocycles. The lowest BCUT2D eigenvalue weighted by atomic mass is 9.98. The number of aryl methyl sites for hydroxylation is 1. The minimum Gasteiger partial charge on any atom is -0.462 e. The number of benzene rings is 1. The van der Waals surface area contributed by atoms with Crippen LogP contribution in [0.25, 0.3) is 0 Å². The Morgan fingerprint density at radius 1 is 1.03 bits per heavy atom. The first-order valence-corrected chi connectivity index (χ1v) is 9.94. The molecule has 5 N–H and O–H groups in total. The van der Waals surface area contributed by atoms with Crippen molar-refractivity contribution in [3.63, 3.8) is 0 Å². The summed E-state index contributed by atoms with van der Waals surface area (Å²) >= 11 is 0. The topological polar surface area (TPSA) is 138 Å². The largest absolute Gasteiger partial charge is 0.462 e. The Labute approximate surface area is 169 Å². The summed E-state index contributed by atoms with van der Waals surface area (Å²) in [5.41, 5.74) is 1.15. The van der Waals surface area contributed by atoms with Crippen molar-refractivity contribution in [1.29, 1.82) is 0 Å². The number of hydrogen-bond acceptors (Lipinski definition) is 9. The zero-order valence-electron chi connectivity index (χ0n) is 16.3. The lowest BCUT2D eigenvalue weighted by Gasteiger charge is -2.43. The molecule has 9 heteroatoms. The fourth-order valence-electron chi connectivity index (χ4n) is 3.53. The normalized spacial score (nSPS) is 38.0. The maximum absolute atomic E-state index is 10.7. The third-order valence-electron chi connectivity index (χ3n) is 5.11. The minimum absolute atomic E-state index is 0.0371. The van der Waals surface area contributed by atoms with Crippen LogP contribution in [0.2, 0.25) is 0 Å². The molecule has 0 aromatic heterocycles. The van der Waals surface area contributed by atoms with Crippen LogP contribution >= 0.6 is 0 Å². The average Bonchev–Trinajstić information content (AvgIpc) is 2.70. The number of aliphatic hydroxyl groups is 5. The van der Waals surface area contributed by atoms with E-state index in [9.17, 15) is 25.5 Å². The van der Waals surface area contributed by atoms with Gasteiger partial charge >= 0.3 is 0 Å². The summed E-state index contributed by atoms with van der Waals surface area (Å²) in [6.07, 6.45) is -7.35. The summed E-state index contributed by atoms with van der Waals surface area (Å²) in [5.74, 6) is 0.456. The van der Waals surface area contributed by atoms with E-state index in [1.807, 2.05) is 12.1 Å². The number of ether oxygens (including phenoxy) is 4. The van der Waals surface area contributed by atoms with Crippen LogP contribution in [0, 0.1) is 0 Å². The van der Waals surface area contributed by atoms with Crippen molar-refractivity contribution < 1.29 is 44.5 Å². The summed E-state index contributed by atoms with van der Waals surface area (Å²) < 4.78 is 22.1. The minimum atomic E-state index is -1.41. The Bertz CT molecular complexity index is 625. The molecule has 1 aromatic carbocycles. The Balaban J connectivity index is 1.69. The molecule has 164 valence electrons. The summed E-state index contributed by atoms with van der Waals surface area (Å²) in [5, 5.41) is 50.2. The molecule has 0 saturated carbocycles. The number of aliphatic hydroxyl groups excluding tert-OH is 5. The first-order valence-electron chi connectivity index (χ1n) is 9.94. The van der Waals surface area contributed by atoms with Gasteiger partial charge in [0.15, 0.2) is 6.29 Å². The maximum Gasteiger partial charge on any atom is 0.229 e. The van der Waals surface area contributed by atoms with E-state index in [0.29, 0.717) is 5.75 Å². The van der Waals surface area contributed by atoms with Crippen molar-refractivity contribution in [3.05, 3.63) is 29.8 Å². The van der Waals surface area contributed by atoms with E-state index in [1.54, 1.807) is 12.1 Å². The molecule has 0 radical (unpaired) electrons. The molecule has 1 aromatic rings. The molecule has 8 unspecified atom stereocenters. The van der Waals surface area contributed by atoms with Gasteiger partial charge in [-0.15, -0.1) is 0 Å². The van der Waals surface area contributed by atoms with Crippen LogP contribution in [0.15, 0.2) is 24.3 Å². The molecule has 9 nitrogen and oxygen atoms in total. The molecular formula is C20H30O9. The van der Waals surface area contributed by atoms with Crippen molar-refractivity contribution in [3.8, 4) is 5.75 Å². The van der Waals surface area contributed by atoms with Gasteiger partial charge in [0, 0.05) is 6.42 Å². The van der Waals surface area contributed by atoms with Crippen LogP contribution in [0.4, 0.5) is 0 Å². The molecular weight excluding hydrogens is 384 g/mol. The highest BCUT2D eigenvalue weighted by Gasteiger charge is 2.48. The van der Waals surface area contributed by atoms with Crippen LogP contribution in [-0.4, -0.2) is 88.0 Å². The standard InChI is InChI=1S/C20H30O9/c1-2-3-11-4-6-13(7-5-11)27-20-17(25)18(16(24)15(9-21)28-20)29-19-14(23)8-12(22)10-26-19/h4-7,12,14-25H,2-3,8-10H2,1H3. The molecule has 0 amide bonds. The van der Waals surface area contributed by atoms with Gasteiger partial charge in [0.25, 0.3) is 0 Å². The van der Waals surface area contributed by atoms with Crippen LogP contribution in [0.5, 0.6) is 5.75 Å². The van der Waals surface area contributed by atoms with E-state index >= 15 is 0 Å². The van der Waals surface area contributed by atoms with Gasteiger partial charge in [-0.2, -0.15) is 0 Å². The van der Waals surface area contributed by atoms with E-state index in [1.165, 1.54) is 0 Å². The average molecular weight is 414 g/mol. The van der Waals surface area contributed by atoms with E-state index in [2.05, 4.69) is 6.92 Å². The van der Waals surface area contributed by atoms with Crippen LogP contribution in [0.1, 0.15) is 25.3 Å². The Morgan fingerprint density at radius 3 is 2.38 bits per heavy atom. The monoisotopic (exact) mass is 414 g/mol. The highest BCUT2D eigenvalue weighted by molar-refractivity contribution is 5.27. The van der Waals surface area contributed by atoms with E-state index in [-0.39, 0.29) is 13.0 Å². The van der Waals surface area contributed by atoms with Gasteiger partial charge in [0.2, 0.25) is 6.29 Å². The molecule has 0 bridgehead atoms. The van der Waals surface area contributed by atoms with Gasteiger partial charge in [0.1, 0.15) is 36.3 Å². The van der Waals surface area contributed by atoms with Crippen LogP contribution in [-0.2, 0) is 20.6 Å². The second-order valence-corrected chi connectivity index (χ2v) is 7.48. The van der Waals surface area contributed by atoms with Gasteiger partial charge in [-0.25, -0.2) is 0 Å². The summed E-state index contributed by atoms with van der Waals surface area (Å²) in [7, 11) is 0. The number of hydrogen-bond donors (Lipinski definition) is 5. The van der Waals surface area contributed by atoms with Gasteiger partial charge < -0.3 is 44.5 Å².